The predicted octanol–water partition coefficient (Wildman–Crippen LogP) is 3.57. The highest BCUT2D eigenvalue weighted by molar-refractivity contribution is 6.01. The van der Waals surface area contributed by atoms with Gasteiger partial charge in [0.25, 0.3) is 11.8 Å². The van der Waals surface area contributed by atoms with Crippen molar-refractivity contribution in [2.45, 2.75) is 58.0 Å². The summed E-state index contributed by atoms with van der Waals surface area (Å²) in [7, 11) is 4.90. The number of nitrogens with one attached hydrogen (secondary N) is 4. The van der Waals surface area contributed by atoms with E-state index in [1.165, 1.54) is 18.3 Å². The summed E-state index contributed by atoms with van der Waals surface area (Å²) < 4.78 is 6.01. The van der Waals surface area contributed by atoms with Gasteiger partial charge in [0, 0.05) is 6.20 Å². The molecule has 0 aliphatic heterocycles. The minimum atomic E-state index is -1.48. The summed E-state index contributed by atoms with van der Waals surface area (Å²) in [5.74, 6) is -2.88. The molecule has 12 nitrogen and oxygen atoms in total. The Morgan fingerprint density at radius 1 is 0.804 bits per heavy atom. The maximum Gasteiger partial charge on any atom is 0.324 e. The molecule has 51 heavy (non-hydrogen) atoms. The molecule has 6 N–H and O–H groups in total. The molecule has 5 atom stereocenters. The van der Waals surface area contributed by atoms with E-state index >= 15 is 0 Å². The summed E-state index contributed by atoms with van der Waals surface area (Å²) in [5.41, 5.74) is 1.91. The van der Waals surface area contributed by atoms with Crippen LogP contribution in [0.2, 0.25) is 0 Å². The molecule has 0 saturated heterocycles. The van der Waals surface area contributed by atoms with Gasteiger partial charge in [-0.05, 0) is 81.4 Å². The van der Waals surface area contributed by atoms with Gasteiger partial charge in [-0.3, -0.25) is 24.1 Å². The summed E-state index contributed by atoms with van der Waals surface area (Å²) in [5, 5.41) is 31.8. The number of hydrogen-bond acceptors (Lipinski definition) is 9. The molecule has 3 aromatic carbocycles. The van der Waals surface area contributed by atoms with E-state index in [1.807, 2.05) is 13.8 Å². The summed E-state index contributed by atoms with van der Waals surface area (Å²) in [6.45, 7) is 6.94. The molecule has 5 unspecified atom stereocenters. The van der Waals surface area contributed by atoms with Gasteiger partial charge in [0.2, 0.25) is 5.91 Å². The van der Waals surface area contributed by atoms with E-state index in [2.05, 4.69) is 21.3 Å². The van der Waals surface area contributed by atoms with Gasteiger partial charge in [0.15, 0.2) is 6.10 Å². The average Bonchev–Trinajstić information content (AvgIpc) is 3.10. The zero-order chi connectivity index (χ0) is 37.7. The van der Waals surface area contributed by atoms with E-state index in [9.17, 15) is 29.4 Å². The lowest BCUT2D eigenvalue weighted by Crippen LogP contribution is -2.54. The Hall–Kier alpha value is -5.30. The highest BCUT2D eigenvalue weighted by atomic mass is 16.5. The zero-order valence-electron chi connectivity index (χ0n) is 30.1. The zero-order valence-corrected chi connectivity index (χ0v) is 30.1. The van der Waals surface area contributed by atoms with Crippen molar-refractivity contribution < 1.29 is 34.1 Å². The number of phenolic OH excluding ortho intramolecular Hbond substituents is 1. The van der Waals surface area contributed by atoms with E-state index in [4.69, 9.17) is 4.74 Å². The van der Waals surface area contributed by atoms with E-state index in [1.54, 1.807) is 119 Å². The molecule has 12 heteroatoms. The molecule has 3 rings (SSSR count). The number of esters is 1. The van der Waals surface area contributed by atoms with Crippen LogP contribution in [-0.2, 0) is 23.9 Å². The van der Waals surface area contributed by atoms with Crippen LogP contribution in [0, 0.1) is 5.92 Å². The molecule has 0 saturated carbocycles. The number of likely N-dealkylation sites (N-methyl/N-ethyl adjacent to an activating group) is 2. The Kier molecular flexibility index (Phi) is 15.1. The summed E-state index contributed by atoms with van der Waals surface area (Å²) in [4.78, 5) is 56.8. The number of phenols is 1. The van der Waals surface area contributed by atoms with Crippen molar-refractivity contribution in [2.75, 3.05) is 21.1 Å². The lowest BCUT2D eigenvalue weighted by molar-refractivity contribution is -0.157. The van der Waals surface area contributed by atoms with Gasteiger partial charge < -0.3 is 36.2 Å². The number of ether oxygens (including phenoxy) is 1. The normalized spacial score (nSPS) is 14.2. The van der Waals surface area contributed by atoms with Crippen molar-refractivity contribution in [1.82, 2.24) is 26.2 Å². The summed E-state index contributed by atoms with van der Waals surface area (Å²) in [6.07, 6.45) is 0.460. The molecule has 0 spiro atoms. The topological polar surface area (TPSA) is 169 Å². The molecule has 0 fully saturated rings. The van der Waals surface area contributed by atoms with Gasteiger partial charge >= 0.3 is 5.97 Å². The lowest BCUT2D eigenvalue weighted by atomic mass is 9.99. The van der Waals surface area contributed by atoms with Crippen molar-refractivity contribution in [2.24, 2.45) is 5.92 Å². The maximum absolute atomic E-state index is 14.1. The Balaban J connectivity index is 2.00. The fourth-order valence-corrected chi connectivity index (χ4v) is 5.38. The molecule has 0 aliphatic carbocycles. The molecule has 3 aromatic rings. The van der Waals surface area contributed by atoms with Crippen LogP contribution in [0.15, 0.2) is 102 Å². The number of nitrogens with zero attached hydrogens (tertiary/aromatic N) is 1. The molecular weight excluding hydrogens is 650 g/mol. The highest BCUT2D eigenvalue weighted by Crippen LogP contribution is 2.25. The van der Waals surface area contributed by atoms with Gasteiger partial charge in [-0.15, -0.1) is 0 Å². The van der Waals surface area contributed by atoms with Crippen LogP contribution in [0.5, 0.6) is 5.75 Å². The molecule has 0 bridgehead atoms. The van der Waals surface area contributed by atoms with Gasteiger partial charge in [-0.1, -0.05) is 86.6 Å². The van der Waals surface area contributed by atoms with Crippen molar-refractivity contribution in [1.29, 1.82) is 0 Å². The van der Waals surface area contributed by atoms with Crippen LogP contribution in [0.1, 0.15) is 56.6 Å². The fraction of sp³-hybridized carbons (Fsp3) is 0.333. The number of rotatable bonds is 16. The second-order valence-corrected chi connectivity index (χ2v) is 12.8. The number of carbonyl (C=O) groups excluding carboxylic acids is 4. The Morgan fingerprint density at radius 2 is 1.37 bits per heavy atom. The first-order valence-corrected chi connectivity index (χ1v) is 16.6. The van der Waals surface area contributed by atoms with E-state index in [0.717, 1.165) is 0 Å². The quantitative estimate of drug-likeness (QED) is 0.0967. The van der Waals surface area contributed by atoms with Crippen LogP contribution in [0.25, 0.3) is 6.08 Å². The molecule has 0 aliphatic rings. The van der Waals surface area contributed by atoms with Crippen LogP contribution in [0.3, 0.4) is 0 Å². The number of amides is 3. The first-order chi connectivity index (χ1) is 24.2. The van der Waals surface area contributed by atoms with Crippen molar-refractivity contribution in [3.63, 3.8) is 0 Å². The van der Waals surface area contributed by atoms with Crippen LogP contribution < -0.4 is 21.3 Å². The molecule has 0 heterocycles. The second-order valence-electron chi connectivity index (χ2n) is 12.8. The number of aliphatic hydroxyl groups is 1. The molecule has 3 amide bonds. The third kappa shape index (κ3) is 11.4. The van der Waals surface area contributed by atoms with E-state index in [0.29, 0.717) is 22.3 Å². The minimum Gasteiger partial charge on any atom is -0.508 e. The lowest BCUT2D eigenvalue weighted by Gasteiger charge is -2.31. The van der Waals surface area contributed by atoms with Crippen molar-refractivity contribution >= 4 is 29.8 Å². The highest BCUT2D eigenvalue weighted by Gasteiger charge is 2.38. The van der Waals surface area contributed by atoms with Crippen LogP contribution in [0.4, 0.5) is 0 Å². The number of allylic oxidation sites excluding steroid dienone is 1. The fourth-order valence-electron chi connectivity index (χ4n) is 5.38. The monoisotopic (exact) mass is 699 g/mol. The number of aliphatic hydroxyl groups excluding tert-OH is 1. The van der Waals surface area contributed by atoms with Gasteiger partial charge in [0.1, 0.15) is 35.7 Å². The van der Waals surface area contributed by atoms with Gasteiger partial charge in [-0.2, -0.15) is 0 Å². The molecule has 0 aromatic heterocycles. The van der Waals surface area contributed by atoms with Gasteiger partial charge in [0.05, 0.1) is 0 Å². The molecular formula is C39H49N5O7. The maximum atomic E-state index is 14.1. The second kappa shape index (κ2) is 19.2. The Labute approximate surface area is 299 Å². The van der Waals surface area contributed by atoms with Crippen LogP contribution >= 0.6 is 0 Å². The number of hydrogen-bond donors (Lipinski definition) is 6. The molecule has 0 radical (unpaired) electrons. The standard InChI is InChI=1S/C39H49N5O7/c1-24(2)30(42-38(49)33(44(6)7)34(46)27-14-10-8-11-15-27)37(48)43-32(36(47)41-23-22-26-18-20-29(45)21-19-26)35(28-16-12-9-13-17-28)51-39(50)31(40-5)25(3)4/h8-23,25,31-35,40,45-46H,1-7H3,(H,41,47)(H,42,49)(H,43,48)/b23-22+. The molecule has 272 valence electrons. The van der Waals surface area contributed by atoms with Crippen LogP contribution in [-0.4, -0.2) is 78.1 Å². The number of benzene rings is 3. The Morgan fingerprint density at radius 3 is 1.88 bits per heavy atom. The minimum absolute atomic E-state index is 0.0846. The smallest absolute Gasteiger partial charge is 0.324 e. The summed E-state index contributed by atoms with van der Waals surface area (Å²) in [6, 6.07) is 20.3. The SMILES string of the molecule is CNC(C(=O)OC(c1ccccc1)C(NC(=O)C(NC(=O)C(C(O)c1ccccc1)N(C)C)=C(C)C)C(=O)N/C=C/c1ccc(O)cc1)C(C)C. The van der Waals surface area contributed by atoms with Crippen molar-refractivity contribution in [3.8, 4) is 5.75 Å². The first kappa shape index (κ1) is 40.1. The van der Waals surface area contributed by atoms with Crippen molar-refractivity contribution in [3.05, 3.63) is 119 Å². The predicted molar refractivity (Wildman–Crippen MR) is 196 cm³/mol. The first-order valence-electron chi connectivity index (χ1n) is 16.6. The third-order valence-electron chi connectivity index (χ3n) is 8.11. The van der Waals surface area contributed by atoms with E-state index in [-0.39, 0.29) is 17.4 Å². The average molecular weight is 700 g/mol. The Bertz CT molecular complexity index is 1670. The number of carbonyl (C=O) groups is 4. The third-order valence-corrected chi connectivity index (χ3v) is 8.11. The largest absolute Gasteiger partial charge is 0.508 e. The van der Waals surface area contributed by atoms with Gasteiger partial charge in [-0.25, -0.2) is 0 Å². The summed E-state index contributed by atoms with van der Waals surface area (Å²) >= 11 is 0. The van der Waals surface area contributed by atoms with E-state index < -0.39 is 54.0 Å². The number of aromatic hydroxyl groups is 1.